The molecule has 0 saturated heterocycles. The number of imidazole rings is 1. The SMILES string of the molecule is Cc1cc(Cl)cc(Cl)c1Nc1nc2cccc(N(O)O)c2n2cncc12. The Morgan fingerprint density at radius 2 is 2.00 bits per heavy atom. The Kier molecular flexibility index (Phi) is 4.08. The molecule has 26 heavy (non-hydrogen) atoms. The van der Waals surface area contributed by atoms with Crippen LogP contribution in [0.4, 0.5) is 17.2 Å². The molecule has 0 aliphatic rings. The zero-order valence-electron chi connectivity index (χ0n) is 13.5. The largest absolute Gasteiger partial charge is 0.337 e. The van der Waals surface area contributed by atoms with E-state index in [-0.39, 0.29) is 10.9 Å². The molecular weight excluding hydrogens is 377 g/mol. The molecule has 0 aliphatic heterocycles. The molecule has 2 aromatic carbocycles. The van der Waals surface area contributed by atoms with E-state index >= 15 is 0 Å². The molecule has 4 rings (SSSR count). The van der Waals surface area contributed by atoms with Gasteiger partial charge in [0.2, 0.25) is 0 Å². The number of benzene rings is 2. The number of para-hydroxylation sites is 1. The predicted octanol–water partition coefficient (Wildman–Crippen LogP) is 4.83. The van der Waals surface area contributed by atoms with E-state index in [4.69, 9.17) is 23.2 Å². The highest BCUT2D eigenvalue weighted by molar-refractivity contribution is 6.36. The van der Waals surface area contributed by atoms with Crippen LogP contribution in [-0.2, 0) is 0 Å². The van der Waals surface area contributed by atoms with Crippen LogP contribution in [0.2, 0.25) is 10.0 Å². The molecule has 0 unspecified atom stereocenters. The summed E-state index contributed by atoms with van der Waals surface area (Å²) in [4.78, 5) is 8.77. The molecule has 3 N–H and O–H groups in total. The Labute approximate surface area is 158 Å². The van der Waals surface area contributed by atoms with E-state index in [9.17, 15) is 10.4 Å². The Morgan fingerprint density at radius 3 is 2.73 bits per heavy atom. The van der Waals surface area contributed by atoms with Crippen LogP contribution in [0.3, 0.4) is 0 Å². The molecule has 0 amide bonds. The second kappa shape index (κ2) is 6.30. The maximum Gasteiger partial charge on any atom is 0.157 e. The van der Waals surface area contributed by atoms with Gasteiger partial charge in [-0.25, -0.2) is 9.97 Å². The number of nitrogens with zero attached hydrogens (tertiary/aromatic N) is 4. The van der Waals surface area contributed by atoms with Crippen molar-refractivity contribution in [3.63, 3.8) is 0 Å². The number of hydrogen-bond donors (Lipinski definition) is 3. The lowest BCUT2D eigenvalue weighted by atomic mass is 10.2. The molecule has 0 bridgehead atoms. The van der Waals surface area contributed by atoms with Gasteiger partial charge in [0.1, 0.15) is 16.7 Å². The fourth-order valence-electron chi connectivity index (χ4n) is 2.92. The van der Waals surface area contributed by atoms with Crippen LogP contribution in [0.1, 0.15) is 5.56 Å². The smallest absolute Gasteiger partial charge is 0.157 e. The van der Waals surface area contributed by atoms with Crippen molar-refractivity contribution in [2.45, 2.75) is 6.92 Å². The topological polar surface area (TPSA) is 85.9 Å². The summed E-state index contributed by atoms with van der Waals surface area (Å²) in [5.41, 5.74) is 3.45. The highest BCUT2D eigenvalue weighted by Crippen LogP contribution is 2.34. The number of aryl methyl sites for hydroxylation is 1. The summed E-state index contributed by atoms with van der Waals surface area (Å²) in [6, 6.07) is 8.47. The molecule has 9 heteroatoms. The number of anilines is 3. The summed E-state index contributed by atoms with van der Waals surface area (Å²) in [6.45, 7) is 1.89. The van der Waals surface area contributed by atoms with Gasteiger partial charge >= 0.3 is 0 Å². The van der Waals surface area contributed by atoms with E-state index in [1.807, 2.05) is 6.92 Å². The molecule has 7 nitrogen and oxygen atoms in total. The molecular formula is C17H13Cl2N5O2. The average Bonchev–Trinajstić information content (AvgIpc) is 3.07. The third-order valence-electron chi connectivity index (χ3n) is 4.06. The second-order valence-electron chi connectivity index (χ2n) is 5.75. The first-order valence-electron chi connectivity index (χ1n) is 7.61. The monoisotopic (exact) mass is 389 g/mol. The summed E-state index contributed by atoms with van der Waals surface area (Å²) in [5.74, 6) is 0.530. The standard InChI is InChI=1S/C17H13Cl2N5O2/c1-9-5-10(18)6-11(19)15(9)22-17-14-7-20-8-23(14)16-12(21-17)3-2-4-13(16)24(25)26/h2-8,25-26H,1H3,(H,21,22). The Balaban J connectivity index is 1.96. The highest BCUT2D eigenvalue weighted by atomic mass is 35.5. The number of nitrogens with one attached hydrogen (secondary N) is 1. The lowest BCUT2D eigenvalue weighted by Gasteiger charge is -2.16. The number of fused-ring (bicyclic) bond motifs is 3. The number of halogens is 2. The lowest BCUT2D eigenvalue weighted by molar-refractivity contribution is 0.0298. The molecule has 0 atom stereocenters. The van der Waals surface area contributed by atoms with E-state index in [2.05, 4.69) is 15.3 Å². The summed E-state index contributed by atoms with van der Waals surface area (Å²) < 4.78 is 1.72. The average molecular weight is 390 g/mol. The third-order valence-corrected chi connectivity index (χ3v) is 4.58. The van der Waals surface area contributed by atoms with E-state index in [1.165, 1.54) is 0 Å². The van der Waals surface area contributed by atoms with Gasteiger partial charge in [0.15, 0.2) is 5.82 Å². The first-order valence-corrected chi connectivity index (χ1v) is 8.36. The van der Waals surface area contributed by atoms with Crippen LogP contribution in [0, 0.1) is 6.92 Å². The van der Waals surface area contributed by atoms with Gasteiger partial charge in [-0.15, -0.1) is 5.23 Å². The van der Waals surface area contributed by atoms with Gasteiger partial charge in [-0.2, -0.15) is 0 Å². The zero-order valence-corrected chi connectivity index (χ0v) is 15.0. The van der Waals surface area contributed by atoms with Crippen molar-refractivity contribution in [3.05, 3.63) is 58.5 Å². The van der Waals surface area contributed by atoms with E-state index in [0.717, 1.165) is 5.56 Å². The first kappa shape index (κ1) is 16.9. The third kappa shape index (κ3) is 2.71. The van der Waals surface area contributed by atoms with Crippen LogP contribution in [0.25, 0.3) is 16.6 Å². The van der Waals surface area contributed by atoms with Gasteiger partial charge in [-0.3, -0.25) is 14.8 Å². The first-order chi connectivity index (χ1) is 12.5. The van der Waals surface area contributed by atoms with Crippen molar-refractivity contribution in [1.82, 2.24) is 14.4 Å². The van der Waals surface area contributed by atoms with Crippen LogP contribution in [0.15, 0.2) is 42.9 Å². The van der Waals surface area contributed by atoms with Crippen molar-refractivity contribution >= 4 is 56.9 Å². The van der Waals surface area contributed by atoms with Crippen molar-refractivity contribution < 1.29 is 10.4 Å². The van der Waals surface area contributed by atoms with E-state index in [1.54, 1.807) is 47.3 Å². The van der Waals surface area contributed by atoms with Crippen molar-refractivity contribution in [1.29, 1.82) is 0 Å². The van der Waals surface area contributed by atoms with Crippen LogP contribution in [0.5, 0.6) is 0 Å². The molecule has 0 radical (unpaired) electrons. The number of aromatic nitrogens is 3. The molecule has 132 valence electrons. The lowest BCUT2D eigenvalue weighted by Crippen LogP contribution is -2.13. The van der Waals surface area contributed by atoms with Crippen LogP contribution in [-0.4, -0.2) is 24.8 Å². The summed E-state index contributed by atoms with van der Waals surface area (Å²) >= 11 is 12.4. The molecule has 0 aliphatic carbocycles. The number of hydrogen-bond acceptors (Lipinski definition) is 6. The van der Waals surface area contributed by atoms with Crippen molar-refractivity contribution in [2.75, 3.05) is 10.5 Å². The minimum Gasteiger partial charge on any atom is -0.337 e. The number of rotatable bonds is 3. The fourth-order valence-corrected chi connectivity index (χ4v) is 3.56. The quantitative estimate of drug-likeness (QED) is 0.435. The Morgan fingerprint density at radius 1 is 1.19 bits per heavy atom. The molecule has 0 fully saturated rings. The summed E-state index contributed by atoms with van der Waals surface area (Å²) in [5, 5.41) is 23.3. The minimum atomic E-state index is 0.0662. The van der Waals surface area contributed by atoms with Crippen LogP contribution >= 0.6 is 23.2 Å². The molecule has 4 aromatic rings. The van der Waals surface area contributed by atoms with Gasteiger partial charge in [0.25, 0.3) is 0 Å². The predicted molar refractivity (Wildman–Crippen MR) is 101 cm³/mol. The minimum absolute atomic E-state index is 0.0662. The normalized spacial score (nSPS) is 11.3. The highest BCUT2D eigenvalue weighted by Gasteiger charge is 2.16. The molecule has 0 spiro atoms. The van der Waals surface area contributed by atoms with E-state index < -0.39 is 0 Å². The Hall–Kier alpha value is -2.58. The summed E-state index contributed by atoms with van der Waals surface area (Å²) in [7, 11) is 0. The summed E-state index contributed by atoms with van der Waals surface area (Å²) in [6.07, 6.45) is 3.21. The zero-order chi connectivity index (χ0) is 18.4. The maximum absolute atomic E-state index is 9.50. The molecule has 0 saturated carbocycles. The Bertz CT molecular complexity index is 1120. The molecule has 2 aromatic heterocycles. The van der Waals surface area contributed by atoms with Gasteiger partial charge in [0.05, 0.1) is 28.8 Å². The van der Waals surface area contributed by atoms with Gasteiger partial charge in [-0.1, -0.05) is 29.3 Å². The molecule has 2 heterocycles. The second-order valence-corrected chi connectivity index (χ2v) is 6.59. The fraction of sp³-hybridized carbons (Fsp3) is 0.0588. The van der Waals surface area contributed by atoms with Crippen molar-refractivity contribution in [2.24, 2.45) is 0 Å². The van der Waals surface area contributed by atoms with Crippen LogP contribution < -0.4 is 10.5 Å². The van der Waals surface area contributed by atoms with Gasteiger partial charge in [-0.05, 0) is 36.8 Å². The van der Waals surface area contributed by atoms with Gasteiger partial charge < -0.3 is 5.32 Å². The maximum atomic E-state index is 9.50. The van der Waals surface area contributed by atoms with Gasteiger partial charge in [0, 0.05) is 5.02 Å². The van der Waals surface area contributed by atoms with Crippen molar-refractivity contribution in [3.8, 4) is 0 Å². The van der Waals surface area contributed by atoms with E-state index in [0.29, 0.717) is 38.1 Å².